The van der Waals surface area contributed by atoms with Crippen LogP contribution in [0.4, 0.5) is 0 Å². The molecule has 0 aliphatic heterocycles. The second kappa shape index (κ2) is 8.40. The summed E-state index contributed by atoms with van der Waals surface area (Å²) >= 11 is 0. The number of ether oxygens (including phenoxy) is 2. The van der Waals surface area contributed by atoms with Gasteiger partial charge < -0.3 is 14.8 Å². The summed E-state index contributed by atoms with van der Waals surface area (Å²) in [6.45, 7) is 11.3. The molecule has 0 spiro atoms. The zero-order chi connectivity index (χ0) is 15.9. The van der Waals surface area contributed by atoms with Crippen molar-refractivity contribution < 1.29 is 9.47 Å². The first-order valence-corrected chi connectivity index (χ1v) is 8.11. The van der Waals surface area contributed by atoms with E-state index in [9.17, 15) is 0 Å². The SMILES string of the molecule is CCOC(CC)(CC)C(NC)c1ccccc1OC(C)C. The highest BCUT2D eigenvalue weighted by molar-refractivity contribution is 5.38. The summed E-state index contributed by atoms with van der Waals surface area (Å²) < 4.78 is 12.2. The van der Waals surface area contributed by atoms with E-state index in [1.54, 1.807) is 0 Å². The predicted molar refractivity (Wildman–Crippen MR) is 88.9 cm³/mol. The molecule has 120 valence electrons. The molecule has 1 aromatic carbocycles. The Morgan fingerprint density at radius 1 is 1.10 bits per heavy atom. The molecule has 0 bridgehead atoms. The van der Waals surface area contributed by atoms with E-state index in [1.165, 1.54) is 5.56 Å². The van der Waals surface area contributed by atoms with Crippen LogP contribution < -0.4 is 10.1 Å². The van der Waals surface area contributed by atoms with Crippen LogP contribution in [0, 0.1) is 0 Å². The molecule has 0 amide bonds. The minimum Gasteiger partial charge on any atom is -0.491 e. The smallest absolute Gasteiger partial charge is 0.124 e. The van der Waals surface area contributed by atoms with Gasteiger partial charge in [0.15, 0.2) is 0 Å². The molecule has 0 saturated carbocycles. The Kier molecular flexibility index (Phi) is 7.20. The van der Waals surface area contributed by atoms with Crippen molar-refractivity contribution in [3.8, 4) is 5.75 Å². The minimum absolute atomic E-state index is 0.113. The molecule has 1 aromatic rings. The molecule has 0 heterocycles. The molecule has 1 rings (SSSR count). The molecule has 3 heteroatoms. The molecule has 0 aliphatic rings. The number of rotatable bonds is 9. The van der Waals surface area contributed by atoms with Crippen molar-refractivity contribution >= 4 is 0 Å². The molecule has 0 saturated heterocycles. The van der Waals surface area contributed by atoms with Gasteiger partial charge in [-0.2, -0.15) is 0 Å². The lowest BCUT2D eigenvalue weighted by molar-refractivity contribution is -0.0723. The predicted octanol–water partition coefficient (Wildman–Crippen LogP) is 4.33. The fourth-order valence-corrected chi connectivity index (χ4v) is 3.02. The molecule has 21 heavy (non-hydrogen) atoms. The van der Waals surface area contributed by atoms with E-state index in [0.29, 0.717) is 6.61 Å². The molecular formula is C18H31NO2. The van der Waals surface area contributed by atoms with Gasteiger partial charge in [0.05, 0.1) is 17.7 Å². The third kappa shape index (κ3) is 4.21. The van der Waals surface area contributed by atoms with Crippen LogP contribution in [0.5, 0.6) is 5.75 Å². The van der Waals surface area contributed by atoms with Crippen molar-refractivity contribution in [3.63, 3.8) is 0 Å². The monoisotopic (exact) mass is 293 g/mol. The Bertz CT molecular complexity index is 413. The van der Waals surface area contributed by atoms with Crippen LogP contribution in [0.15, 0.2) is 24.3 Å². The molecule has 0 radical (unpaired) electrons. The highest BCUT2D eigenvalue weighted by Crippen LogP contribution is 2.39. The summed E-state index contributed by atoms with van der Waals surface area (Å²) in [6, 6.07) is 8.38. The maximum absolute atomic E-state index is 6.18. The van der Waals surface area contributed by atoms with Crippen LogP contribution in [0.2, 0.25) is 0 Å². The summed E-state index contributed by atoms with van der Waals surface area (Å²) in [5.74, 6) is 0.942. The Morgan fingerprint density at radius 2 is 1.71 bits per heavy atom. The zero-order valence-electron chi connectivity index (χ0n) is 14.4. The highest BCUT2D eigenvalue weighted by Gasteiger charge is 2.38. The van der Waals surface area contributed by atoms with Gasteiger partial charge in [0.1, 0.15) is 5.75 Å². The zero-order valence-corrected chi connectivity index (χ0v) is 14.4. The fourth-order valence-electron chi connectivity index (χ4n) is 3.02. The van der Waals surface area contributed by atoms with E-state index in [2.05, 4.69) is 52.1 Å². The maximum Gasteiger partial charge on any atom is 0.124 e. The van der Waals surface area contributed by atoms with Crippen molar-refractivity contribution in [2.45, 2.75) is 65.2 Å². The van der Waals surface area contributed by atoms with Gasteiger partial charge in [0, 0.05) is 12.2 Å². The average molecular weight is 293 g/mol. The van der Waals surface area contributed by atoms with Crippen LogP contribution in [-0.2, 0) is 4.74 Å². The van der Waals surface area contributed by atoms with E-state index in [1.807, 2.05) is 19.2 Å². The molecule has 1 N–H and O–H groups in total. The molecule has 0 aromatic heterocycles. The van der Waals surface area contributed by atoms with E-state index in [0.717, 1.165) is 18.6 Å². The number of hydrogen-bond donors (Lipinski definition) is 1. The molecule has 0 aliphatic carbocycles. The highest BCUT2D eigenvalue weighted by atomic mass is 16.5. The Hall–Kier alpha value is -1.06. The van der Waals surface area contributed by atoms with Crippen LogP contribution in [-0.4, -0.2) is 25.4 Å². The van der Waals surface area contributed by atoms with Crippen LogP contribution >= 0.6 is 0 Å². The minimum atomic E-state index is -0.208. The topological polar surface area (TPSA) is 30.5 Å². The van der Waals surface area contributed by atoms with Crippen molar-refractivity contribution in [1.82, 2.24) is 5.32 Å². The standard InChI is InChI=1S/C18H31NO2/c1-7-18(8-2,20-9-3)17(19-6)15-12-10-11-13-16(15)21-14(4)5/h10-14,17,19H,7-9H2,1-6H3. The number of likely N-dealkylation sites (N-methyl/N-ethyl adjacent to an activating group) is 1. The number of hydrogen-bond acceptors (Lipinski definition) is 3. The largest absolute Gasteiger partial charge is 0.491 e. The molecule has 1 unspecified atom stereocenters. The molecular weight excluding hydrogens is 262 g/mol. The summed E-state index contributed by atoms with van der Waals surface area (Å²) in [6.07, 6.45) is 2.07. The van der Waals surface area contributed by atoms with E-state index >= 15 is 0 Å². The first kappa shape index (κ1) is 18.0. The van der Waals surface area contributed by atoms with Crippen LogP contribution in [0.1, 0.15) is 59.1 Å². The lowest BCUT2D eigenvalue weighted by atomic mass is 9.83. The fraction of sp³-hybridized carbons (Fsp3) is 0.667. The lowest BCUT2D eigenvalue weighted by Gasteiger charge is -2.40. The van der Waals surface area contributed by atoms with Gasteiger partial charge in [0.2, 0.25) is 0 Å². The van der Waals surface area contributed by atoms with Gasteiger partial charge in [-0.1, -0.05) is 32.0 Å². The van der Waals surface area contributed by atoms with Gasteiger partial charge in [-0.15, -0.1) is 0 Å². The molecule has 3 nitrogen and oxygen atoms in total. The van der Waals surface area contributed by atoms with Crippen molar-refractivity contribution in [2.75, 3.05) is 13.7 Å². The summed E-state index contributed by atoms with van der Waals surface area (Å²) in [7, 11) is 2.00. The van der Waals surface area contributed by atoms with Crippen molar-refractivity contribution in [3.05, 3.63) is 29.8 Å². The summed E-state index contributed by atoms with van der Waals surface area (Å²) in [5, 5.41) is 3.45. The van der Waals surface area contributed by atoms with Gasteiger partial charge in [-0.3, -0.25) is 0 Å². The first-order valence-electron chi connectivity index (χ1n) is 8.11. The van der Waals surface area contributed by atoms with E-state index in [-0.39, 0.29) is 17.7 Å². The maximum atomic E-state index is 6.18. The van der Waals surface area contributed by atoms with Gasteiger partial charge in [-0.25, -0.2) is 0 Å². The number of nitrogens with one attached hydrogen (secondary N) is 1. The third-order valence-electron chi connectivity index (χ3n) is 4.04. The number of para-hydroxylation sites is 1. The molecule has 0 fully saturated rings. The third-order valence-corrected chi connectivity index (χ3v) is 4.04. The second-order valence-corrected chi connectivity index (χ2v) is 5.63. The molecule has 1 atom stereocenters. The van der Waals surface area contributed by atoms with Crippen molar-refractivity contribution in [1.29, 1.82) is 0 Å². The Morgan fingerprint density at radius 3 is 2.19 bits per heavy atom. The van der Waals surface area contributed by atoms with Gasteiger partial charge in [-0.05, 0) is 46.7 Å². The first-order chi connectivity index (χ1) is 10.0. The van der Waals surface area contributed by atoms with E-state index < -0.39 is 0 Å². The van der Waals surface area contributed by atoms with Gasteiger partial charge in [0.25, 0.3) is 0 Å². The average Bonchev–Trinajstić information content (AvgIpc) is 2.48. The van der Waals surface area contributed by atoms with E-state index in [4.69, 9.17) is 9.47 Å². The van der Waals surface area contributed by atoms with Crippen molar-refractivity contribution in [2.24, 2.45) is 0 Å². The Labute approximate surface area is 130 Å². The van der Waals surface area contributed by atoms with Crippen LogP contribution in [0.25, 0.3) is 0 Å². The lowest BCUT2D eigenvalue weighted by Crippen LogP contribution is -2.44. The summed E-state index contributed by atoms with van der Waals surface area (Å²) in [4.78, 5) is 0. The summed E-state index contributed by atoms with van der Waals surface area (Å²) in [5.41, 5.74) is 0.964. The number of benzene rings is 1. The Balaban J connectivity index is 3.25. The normalized spacial score (nSPS) is 13.5. The second-order valence-electron chi connectivity index (χ2n) is 5.63. The van der Waals surface area contributed by atoms with Gasteiger partial charge >= 0.3 is 0 Å². The van der Waals surface area contributed by atoms with Crippen LogP contribution in [0.3, 0.4) is 0 Å². The quantitative estimate of drug-likeness (QED) is 0.735.